The zero-order valence-electron chi connectivity index (χ0n) is 56.6. The fourth-order valence-corrected chi connectivity index (χ4v) is 11.7. The normalized spacial score (nSPS) is 14.6. The summed E-state index contributed by atoms with van der Waals surface area (Å²) in [7, 11) is -9.90. The SMILES string of the molecule is CCC(C)CCCCCCCCC(=O)OC[C@H](COP(=O)(O)OC[C@H](O)COP(=O)(O)OC[C@@H](COC(=O)CCCCCCCCCCCC(C)C)OC(=O)CCCCCCCCCCCCCCC(C)C)OC(=O)CCCCCCCCCC(C)C. The van der Waals surface area contributed by atoms with Gasteiger partial charge in [-0.2, -0.15) is 0 Å². The van der Waals surface area contributed by atoms with Crippen molar-refractivity contribution in [1.29, 1.82) is 0 Å². The van der Waals surface area contributed by atoms with Crippen molar-refractivity contribution in [3.05, 3.63) is 0 Å². The van der Waals surface area contributed by atoms with E-state index >= 15 is 0 Å². The van der Waals surface area contributed by atoms with Crippen LogP contribution in [-0.2, 0) is 65.4 Å². The quantitative estimate of drug-likeness (QED) is 0.0222. The second-order valence-corrected chi connectivity index (χ2v) is 29.1. The lowest BCUT2D eigenvalue weighted by atomic mass is 10.00. The van der Waals surface area contributed by atoms with Crippen molar-refractivity contribution in [1.82, 2.24) is 0 Å². The lowest BCUT2D eigenvalue weighted by Crippen LogP contribution is -2.30. The van der Waals surface area contributed by atoms with E-state index in [9.17, 15) is 43.2 Å². The largest absolute Gasteiger partial charge is 0.472 e. The summed E-state index contributed by atoms with van der Waals surface area (Å²) >= 11 is 0. The highest BCUT2D eigenvalue weighted by molar-refractivity contribution is 7.47. The molecule has 0 fully saturated rings. The Bertz CT molecular complexity index is 1730. The van der Waals surface area contributed by atoms with Crippen LogP contribution in [0.5, 0.6) is 0 Å². The molecule has 0 bridgehead atoms. The first kappa shape index (κ1) is 85.1. The van der Waals surface area contributed by atoms with Crippen LogP contribution < -0.4 is 0 Å². The number of phosphoric acid groups is 2. The van der Waals surface area contributed by atoms with Crippen LogP contribution in [0, 0.1) is 23.7 Å². The maximum Gasteiger partial charge on any atom is 0.472 e. The van der Waals surface area contributed by atoms with Crippen molar-refractivity contribution in [3.63, 3.8) is 0 Å². The predicted molar refractivity (Wildman–Crippen MR) is 349 cm³/mol. The van der Waals surface area contributed by atoms with E-state index in [-0.39, 0.29) is 25.7 Å². The Kier molecular flexibility index (Phi) is 56.6. The Hall–Kier alpha value is -1.94. The summed E-state index contributed by atoms with van der Waals surface area (Å²) in [5, 5.41) is 10.6. The summed E-state index contributed by atoms with van der Waals surface area (Å²) in [6, 6.07) is 0. The van der Waals surface area contributed by atoms with Crippen molar-refractivity contribution in [3.8, 4) is 0 Å². The fourth-order valence-electron chi connectivity index (χ4n) is 10.1. The summed E-state index contributed by atoms with van der Waals surface area (Å²) in [5.74, 6) is 0.812. The number of carbonyl (C=O) groups excluding carboxylic acids is 4. The number of rotatable bonds is 65. The highest BCUT2D eigenvalue weighted by Gasteiger charge is 2.30. The molecule has 0 aromatic rings. The van der Waals surface area contributed by atoms with Gasteiger partial charge in [-0.05, 0) is 49.4 Å². The monoisotopic (exact) mass is 1280 g/mol. The van der Waals surface area contributed by atoms with Gasteiger partial charge in [-0.25, -0.2) is 9.13 Å². The lowest BCUT2D eigenvalue weighted by molar-refractivity contribution is -0.161. The molecule has 0 rings (SSSR count). The van der Waals surface area contributed by atoms with Gasteiger partial charge in [-0.15, -0.1) is 0 Å². The number of esters is 4. The summed E-state index contributed by atoms with van der Waals surface area (Å²) in [4.78, 5) is 72.4. The van der Waals surface area contributed by atoms with E-state index < -0.39 is 97.5 Å². The molecule has 3 N–H and O–H groups in total. The molecular weight excluding hydrogens is 1150 g/mol. The van der Waals surface area contributed by atoms with Gasteiger partial charge >= 0.3 is 39.5 Å². The predicted octanol–water partition coefficient (Wildman–Crippen LogP) is 18.9. The van der Waals surface area contributed by atoms with Gasteiger partial charge < -0.3 is 33.8 Å². The van der Waals surface area contributed by atoms with Gasteiger partial charge in [0.15, 0.2) is 12.2 Å². The molecule has 0 saturated carbocycles. The molecule has 6 atom stereocenters. The van der Waals surface area contributed by atoms with Gasteiger partial charge in [-0.3, -0.25) is 37.3 Å². The minimum Gasteiger partial charge on any atom is -0.462 e. The van der Waals surface area contributed by atoms with Gasteiger partial charge in [0, 0.05) is 25.7 Å². The lowest BCUT2D eigenvalue weighted by Gasteiger charge is -2.21. The third-order valence-corrected chi connectivity index (χ3v) is 17.8. The van der Waals surface area contributed by atoms with E-state index in [1.54, 1.807) is 0 Å². The summed E-state index contributed by atoms with van der Waals surface area (Å²) < 4.78 is 68.2. The minimum absolute atomic E-state index is 0.102. The zero-order valence-corrected chi connectivity index (χ0v) is 58.4. The average Bonchev–Trinajstić information content (AvgIpc) is 3.53. The van der Waals surface area contributed by atoms with Gasteiger partial charge in [-0.1, -0.05) is 280 Å². The second kappa shape index (κ2) is 57.9. The van der Waals surface area contributed by atoms with E-state index in [1.165, 1.54) is 128 Å². The molecule has 87 heavy (non-hydrogen) atoms. The molecule has 0 spiro atoms. The van der Waals surface area contributed by atoms with E-state index in [4.69, 9.17) is 37.0 Å². The van der Waals surface area contributed by atoms with Crippen LogP contribution in [0.25, 0.3) is 0 Å². The molecule has 516 valence electrons. The topological polar surface area (TPSA) is 237 Å². The molecule has 0 aliphatic rings. The molecule has 0 radical (unpaired) electrons. The molecule has 17 nitrogen and oxygen atoms in total. The molecule has 0 aromatic heterocycles. The first-order valence-corrected chi connectivity index (χ1v) is 38.2. The van der Waals surface area contributed by atoms with Gasteiger partial charge in [0.25, 0.3) is 0 Å². The Morgan fingerprint density at radius 3 is 0.816 bits per heavy atom. The first-order chi connectivity index (χ1) is 41.6. The summed E-state index contributed by atoms with van der Waals surface area (Å²) in [5.41, 5.74) is 0. The van der Waals surface area contributed by atoms with Crippen LogP contribution in [0.2, 0.25) is 0 Å². The van der Waals surface area contributed by atoms with Crippen molar-refractivity contribution in [2.75, 3.05) is 39.6 Å². The number of hydrogen-bond donors (Lipinski definition) is 3. The number of hydrogen-bond acceptors (Lipinski definition) is 15. The van der Waals surface area contributed by atoms with E-state index in [0.717, 1.165) is 114 Å². The number of aliphatic hydroxyl groups excluding tert-OH is 1. The number of aliphatic hydroxyl groups is 1. The molecule has 0 heterocycles. The zero-order chi connectivity index (χ0) is 64.7. The summed E-state index contributed by atoms with van der Waals surface area (Å²) in [6.45, 7) is 14.0. The minimum atomic E-state index is -4.95. The third kappa shape index (κ3) is 61.3. The number of ether oxygens (including phenoxy) is 4. The standard InChI is InChI=1S/C68H132O17P2/c1-9-61(8)47-39-31-26-27-33-41-49-66(71)79-55-64(85-68(73)51-43-35-25-19-22-30-38-46-60(6)7)57-83-87(76,77)81-53-62(69)52-80-86(74,75)82-56-63(54-78-65(70)48-40-32-23-18-14-16-21-29-37-45-59(4)5)84-67(72)50-42-34-24-17-13-11-10-12-15-20-28-36-44-58(2)3/h58-64,69H,9-57H2,1-8H3,(H,74,75)(H,76,77)/t61?,62-,63-,64-/m1/s1. The van der Waals surface area contributed by atoms with Crippen molar-refractivity contribution < 1.29 is 80.2 Å². The Morgan fingerprint density at radius 2 is 0.552 bits per heavy atom. The fraction of sp³-hybridized carbons (Fsp3) is 0.941. The molecule has 0 saturated heterocycles. The summed E-state index contributed by atoms with van der Waals surface area (Å²) in [6.07, 6.45) is 39.0. The van der Waals surface area contributed by atoms with Crippen molar-refractivity contribution in [2.45, 2.75) is 350 Å². The van der Waals surface area contributed by atoms with E-state index in [1.807, 2.05) is 0 Å². The van der Waals surface area contributed by atoms with Crippen LogP contribution in [0.4, 0.5) is 0 Å². The average molecular weight is 1280 g/mol. The maximum atomic E-state index is 13.0. The molecular formula is C68H132O17P2. The van der Waals surface area contributed by atoms with Gasteiger partial charge in [0.05, 0.1) is 26.4 Å². The molecule has 0 aliphatic carbocycles. The van der Waals surface area contributed by atoms with Gasteiger partial charge in [0.2, 0.25) is 0 Å². The van der Waals surface area contributed by atoms with Crippen molar-refractivity contribution in [2.24, 2.45) is 23.7 Å². The van der Waals surface area contributed by atoms with Crippen LogP contribution >= 0.6 is 15.6 Å². The molecule has 0 aliphatic heterocycles. The number of unbranched alkanes of at least 4 members (excludes halogenated alkanes) is 30. The Labute approximate surface area is 530 Å². The maximum absolute atomic E-state index is 13.0. The van der Waals surface area contributed by atoms with E-state index in [2.05, 4.69) is 55.4 Å². The van der Waals surface area contributed by atoms with Crippen LogP contribution in [0.3, 0.4) is 0 Å². The number of phosphoric ester groups is 2. The third-order valence-electron chi connectivity index (χ3n) is 15.9. The molecule has 0 aromatic carbocycles. The smallest absolute Gasteiger partial charge is 0.462 e. The number of carbonyl (C=O) groups is 4. The highest BCUT2D eigenvalue weighted by Crippen LogP contribution is 2.45. The Morgan fingerprint density at radius 1 is 0.322 bits per heavy atom. The highest BCUT2D eigenvalue weighted by atomic mass is 31.2. The van der Waals surface area contributed by atoms with Crippen LogP contribution in [0.15, 0.2) is 0 Å². The van der Waals surface area contributed by atoms with Gasteiger partial charge in [0.1, 0.15) is 19.3 Å². The first-order valence-electron chi connectivity index (χ1n) is 35.2. The van der Waals surface area contributed by atoms with Crippen LogP contribution in [-0.4, -0.2) is 96.7 Å². The second-order valence-electron chi connectivity index (χ2n) is 26.2. The molecule has 19 heteroatoms. The molecule has 0 amide bonds. The van der Waals surface area contributed by atoms with E-state index in [0.29, 0.717) is 31.6 Å². The van der Waals surface area contributed by atoms with Crippen LogP contribution in [0.1, 0.15) is 331 Å². The molecule has 3 unspecified atom stereocenters. The Balaban J connectivity index is 5.25. The van der Waals surface area contributed by atoms with Crippen molar-refractivity contribution >= 4 is 39.5 Å².